The molecular formula is C11H15NPS2+. The van der Waals surface area contributed by atoms with Gasteiger partial charge in [-0.3, -0.25) is 0 Å². The zero-order valence-corrected chi connectivity index (χ0v) is 11.2. The summed E-state index contributed by atoms with van der Waals surface area (Å²) in [6.45, 7) is 2.41. The summed E-state index contributed by atoms with van der Waals surface area (Å²) in [5.41, 5.74) is 0. The average molecular weight is 256 g/mol. The van der Waals surface area contributed by atoms with Crippen LogP contribution in [0, 0.1) is 0 Å². The van der Waals surface area contributed by atoms with Crippen LogP contribution >= 0.6 is 17.4 Å². The first kappa shape index (κ1) is 11.5. The summed E-state index contributed by atoms with van der Waals surface area (Å²) < 4.78 is 2.48. The van der Waals surface area contributed by atoms with Gasteiger partial charge in [0, 0.05) is 13.1 Å². The van der Waals surface area contributed by atoms with Gasteiger partial charge >= 0.3 is 6.05 Å². The van der Waals surface area contributed by atoms with Crippen molar-refractivity contribution in [3.05, 3.63) is 30.3 Å². The molecule has 0 N–H and O–H groups in total. The van der Waals surface area contributed by atoms with Crippen LogP contribution < -0.4 is 0 Å². The molecule has 0 spiro atoms. The Morgan fingerprint density at radius 3 is 2.40 bits per heavy atom. The van der Waals surface area contributed by atoms with E-state index < -0.39 is 6.05 Å². The molecule has 1 aromatic rings. The van der Waals surface area contributed by atoms with E-state index in [1.54, 1.807) is 0 Å². The minimum Gasteiger partial charge on any atom is -0.110 e. The maximum atomic E-state index is 5.59. The Labute approximate surface area is 101 Å². The van der Waals surface area contributed by atoms with Crippen LogP contribution in [0.2, 0.25) is 0 Å². The van der Waals surface area contributed by atoms with Gasteiger partial charge in [0.2, 0.25) is 0 Å². The lowest BCUT2D eigenvalue weighted by molar-refractivity contribution is 0.377. The number of piperidine rings is 1. The van der Waals surface area contributed by atoms with Crippen molar-refractivity contribution in [2.24, 2.45) is 0 Å². The molecule has 0 aliphatic carbocycles. The Kier molecular flexibility index (Phi) is 4.58. The third-order valence-electron chi connectivity index (χ3n) is 2.49. The number of rotatable bonds is 3. The van der Waals surface area contributed by atoms with Gasteiger partial charge in [0.05, 0.1) is 4.90 Å². The SMILES string of the molecule is S=[P+](Sc1ccccc1)N1CCCCC1. The van der Waals surface area contributed by atoms with Crippen molar-refractivity contribution in [3.63, 3.8) is 0 Å². The molecule has 1 atom stereocenters. The van der Waals surface area contributed by atoms with Gasteiger partial charge in [-0.25, -0.2) is 0 Å². The zero-order valence-electron chi connectivity index (χ0n) is 8.63. The smallest absolute Gasteiger partial charge is 0.110 e. The van der Waals surface area contributed by atoms with Crippen molar-refractivity contribution in [1.29, 1.82) is 0 Å². The quantitative estimate of drug-likeness (QED) is 0.751. The number of benzene rings is 1. The second-order valence-corrected chi connectivity index (χ2v) is 8.67. The fourth-order valence-corrected chi connectivity index (χ4v) is 5.86. The molecule has 0 radical (unpaired) electrons. The summed E-state index contributed by atoms with van der Waals surface area (Å²) in [6.07, 6.45) is 4.03. The molecule has 0 aromatic heterocycles. The Hall–Kier alpha value is 0.0500. The first-order valence-electron chi connectivity index (χ1n) is 5.31. The van der Waals surface area contributed by atoms with Crippen LogP contribution in [-0.4, -0.2) is 17.8 Å². The molecule has 80 valence electrons. The summed E-state index contributed by atoms with van der Waals surface area (Å²) >= 11 is 7.45. The first-order valence-corrected chi connectivity index (χ1v) is 9.04. The maximum Gasteiger partial charge on any atom is 0.346 e. The molecule has 1 aliphatic heterocycles. The topological polar surface area (TPSA) is 3.24 Å². The van der Waals surface area contributed by atoms with Gasteiger partial charge in [-0.2, -0.15) is 0 Å². The lowest BCUT2D eigenvalue weighted by Gasteiger charge is -2.17. The monoisotopic (exact) mass is 256 g/mol. The molecule has 0 amide bonds. The number of hydrogen-bond acceptors (Lipinski definition) is 2. The summed E-state index contributed by atoms with van der Waals surface area (Å²) in [5.74, 6) is 0. The Morgan fingerprint density at radius 2 is 1.73 bits per heavy atom. The Balaban J connectivity index is 1.91. The molecule has 1 nitrogen and oxygen atoms in total. The highest BCUT2D eigenvalue weighted by atomic mass is 32.9. The van der Waals surface area contributed by atoms with Crippen LogP contribution in [0.4, 0.5) is 0 Å². The molecule has 15 heavy (non-hydrogen) atoms. The van der Waals surface area contributed by atoms with E-state index in [0.29, 0.717) is 0 Å². The van der Waals surface area contributed by atoms with E-state index in [9.17, 15) is 0 Å². The van der Waals surface area contributed by atoms with Gasteiger partial charge < -0.3 is 0 Å². The van der Waals surface area contributed by atoms with E-state index in [0.717, 1.165) is 0 Å². The van der Waals surface area contributed by atoms with Crippen LogP contribution in [-0.2, 0) is 11.8 Å². The molecule has 1 heterocycles. The van der Waals surface area contributed by atoms with Crippen LogP contribution in [0.5, 0.6) is 0 Å². The van der Waals surface area contributed by atoms with Crippen molar-refractivity contribution >= 4 is 29.2 Å². The minimum absolute atomic E-state index is 0.442. The fourth-order valence-electron chi connectivity index (χ4n) is 1.67. The normalized spacial score (nSPS) is 18.8. The summed E-state index contributed by atoms with van der Waals surface area (Å²) in [4.78, 5) is 1.31. The Bertz CT molecular complexity index is 323. The predicted molar refractivity (Wildman–Crippen MR) is 72.0 cm³/mol. The number of hydrogen-bond donors (Lipinski definition) is 0. The van der Waals surface area contributed by atoms with Crippen LogP contribution in [0.15, 0.2) is 35.2 Å². The highest BCUT2D eigenvalue weighted by Crippen LogP contribution is 2.47. The van der Waals surface area contributed by atoms with E-state index in [4.69, 9.17) is 11.8 Å². The third kappa shape index (κ3) is 3.53. The van der Waals surface area contributed by atoms with Crippen LogP contribution in [0.1, 0.15) is 19.3 Å². The van der Waals surface area contributed by atoms with Crippen molar-refractivity contribution in [1.82, 2.24) is 4.67 Å². The van der Waals surface area contributed by atoms with Gasteiger partial charge in [-0.1, -0.05) is 24.6 Å². The fraction of sp³-hybridized carbons (Fsp3) is 0.455. The largest absolute Gasteiger partial charge is 0.346 e. The lowest BCUT2D eigenvalue weighted by atomic mass is 10.2. The van der Waals surface area contributed by atoms with E-state index >= 15 is 0 Å². The van der Waals surface area contributed by atoms with Crippen molar-refractivity contribution < 1.29 is 0 Å². The van der Waals surface area contributed by atoms with E-state index in [1.807, 2.05) is 11.4 Å². The maximum absolute atomic E-state index is 5.59. The molecule has 2 rings (SSSR count). The van der Waals surface area contributed by atoms with Gasteiger partial charge in [-0.05, 0) is 25.0 Å². The van der Waals surface area contributed by atoms with E-state index in [1.165, 1.54) is 37.2 Å². The molecule has 0 saturated carbocycles. The molecule has 1 saturated heterocycles. The van der Waals surface area contributed by atoms with Crippen molar-refractivity contribution in [2.75, 3.05) is 13.1 Å². The van der Waals surface area contributed by atoms with E-state index in [-0.39, 0.29) is 0 Å². The standard InChI is InChI=1S/C11H15NPS2/c14-13(12-9-5-2-6-10-12)15-11-7-3-1-4-8-11/h1,3-4,7-8H,2,5-6,9-10H2/q+1. The Morgan fingerprint density at radius 1 is 1.07 bits per heavy atom. The summed E-state index contributed by atoms with van der Waals surface area (Å²) in [6, 6.07) is 10.1. The molecule has 0 bridgehead atoms. The molecule has 1 aromatic carbocycles. The van der Waals surface area contributed by atoms with Crippen molar-refractivity contribution in [2.45, 2.75) is 24.2 Å². The summed E-state index contributed by atoms with van der Waals surface area (Å²) in [7, 11) is 0. The van der Waals surface area contributed by atoms with Crippen LogP contribution in [0.3, 0.4) is 0 Å². The molecule has 1 unspecified atom stereocenters. The van der Waals surface area contributed by atoms with Crippen molar-refractivity contribution in [3.8, 4) is 0 Å². The van der Waals surface area contributed by atoms with Gasteiger partial charge in [0.1, 0.15) is 0 Å². The lowest BCUT2D eigenvalue weighted by Crippen LogP contribution is -2.21. The van der Waals surface area contributed by atoms with Gasteiger partial charge in [0.15, 0.2) is 23.2 Å². The van der Waals surface area contributed by atoms with E-state index in [2.05, 4.69) is 35.0 Å². The molecule has 4 heteroatoms. The average Bonchev–Trinajstić information content (AvgIpc) is 2.31. The molecule has 1 aliphatic rings. The second-order valence-electron chi connectivity index (χ2n) is 3.66. The molecular weight excluding hydrogens is 241 g/mol. The zero-order chi connectivity index (χ0) is 10.5. The predicted octanol–water partition coefficient (Wildman–Crippen LogP) is 4.04. The minimum atomic E-state index is -0.442. The highest BCUT2D eigenvalue weighted by Gasteiger charge is 2.26. The van der Waals surface area contributed by atoms with Gasteiger partial charge in [0.25, 0.3) is 0 Å². The molecule has 1 fully saturated rings. The highest BCUT2D eigenvalue weighted by molar-refractivity contribution is 8.63. The third-order valence-corrected chi connectivity index (χ3v) is 7.15. The van der Waals surface area contributed by atoms with Crippen LogP contribution in [0.25, 0.3) is 0 Å². The summed E-state index contributed by atoms with van der Waals surface area (Å²) in [5, 5.41) is 0. The first-order chi connectivity index (χ1) is 7.36. The number of nitrogens with zero attached hydrogens (tertiary/aromatic N) is 1. The second kappa shape index (κ2) is 5.95. The van der Waals surface area contributed by atoms with Gasteiger partial charge in [-0.15, -0.1) is 4.67 Å².